The van der Waals surface area contributed by atoms with Crippen LogP contribution in [0, 0.1) is 5.92 Å². The maximum absolute atomic E-state index is 12.2. The third kappa shape index (κ3) is 3.77. The number of fused-ring (bicyclic) bond motifs is 3. The summed E-state index contributed by atoms with van der Waals surface area (Å²) in [6.45, 7) is 0.0237. The van der Waals surface area contributed by atoms with Gasteiger partial charge < -0.3 is 9.84 Å². The van der Waals surface area contributed by atoms with Gasteiger partial charge in [-0.25, -0.2) is 4.98 Å². The summed E-state index contributed by atoms with van der Waals surface area (Å²) in [7, 11) is 1.60. The van der Waals surface area contributed by atoms with Crippen LogP contribution in [0.5, 0.6) is 5.75 Å². The van der Waals surface area contributed by atoms with Crippen molar-refractivity contribution in [1.29, 1.82) is 0 Å². The van der Waals surface area contributed by atoms with Gasteiger partial charge in [0.15, 0.2) is 0 Å². The maximum atomic E-state index is 12.2. The maximum Gasteiger partial charge on any atom is 0.306 e. The van der Waals surface area contributed by atoms with E-state index < -0.39 is 11.9 Å². The van der Waals surface area contributed by atoms with Crippen LogP contribution in [0.2, 0.25) is 5.02 Å². The van der Waals surface area contributed by atoms with E-state index in [4.69, 9.17) is 21.3 Å². The molecule has 5 rings (SSSR count). The SMILES string of the molecule is COc1ccc(-c2c(Cl)c(CN3C(=O)CCC3=O)nc3sc4c(c23)CCC(C(=O)O)C4)cc1. The topological polar surface area (TPSA) is 96.8 Å². The van der Waals surface area contributed by atoms with Gasteiger partial charge in [-0.3, -0.25) is 19.3 Å². The number of methoxy groups -OCH3 is 1. The van der Waals surface area contributed by atoms with Crippen molar-refractivity contribution >= 4 is 50.9 Å². The molecule has 1 saturated heterocycles. The van der Waals surface area contributed by atoms with Crippen molar-refractivity contribution in [2.45, 2.75) is 38.6 Å². The van der Waals surface area contributed by atoms with Crippen LogP contribution < -0.4 is 4.74 Å². The summed E-state index contributed by atoms with van der Waals surface area (Å²) in [6, 6.07) is 7.54. The van der Waals surface area contributed by atoms with Crippen molar-refractivity contribution in [3.8, 4) is 16.9 Å². The van der Waals surface area contributed by atoms with Gasteiger partial charge in [0.1, 0.15) is 10.6 Å². The zero-order valence-electron chi connectivity index (χ0n) is 17.9. The first-order valence-electron chi connectivity index (χ1n) is 10.7. The van der Waals surface area contributed by atoms with Gasteiger partial charge in [-0.05, 0) is 42.5 Å². The fourth-order valence-corrected chi connectivity index (χ4v) is 6.26. The van der Waals surface area contributed by atoms with E-state index in [0.717, 1.165) is 31.8 Å². The number of hydrogen-bond acceptors (Lipinski definition) is 6. The Morgan fingerprint density at radius 2 is 1.91 bits per heavy atom. The number of carboxylic acid groups (broad SMARTS) is 1. The highest BCUT2D eigenvalue weighted by atomic mass is 35.5. The average molecular weight is 485 g/mol. The molecular formula is C24H21ClN2O5S. The molecule has 1 N–H and O–H groups in total. The largest absolute Gasteiger partial charge is 0.497 e. The van der Waals surface area contributed by atoms with Gasteiger partial charge in [-0.2, -0.15) is 0 Å². The molecule has 1 aliphatic carbocycles. The lowest BCUT2D eigenvalue weighted by molar-refractivity contribution is -0.142. The lowest BCUT2D eigenvalue weighted by Gasteiger charge is -2.20. The van der Waals surface area contributed by atoms with Gasteiger partial charge in [0, 0.05) is 28.7 Å². The Morgan fingerprint density at radius 1 is 1.21 bits per heavy atom. The van der Waals surface area contributed by atoms with Crippen molar-refractivity contribution in [1.82, 2.24) is 9.88 Å². The molecule has 9 heteroatoms. The molecule has 1 fully saturated rings. The molecule has 1 unspecified atom stereocenters. The number of benzene rings is 1. The second-order valence-electron chi connectivity index (χ2n) is 8.31. The van der Waals surface area contributed by atoms with E-state index in [1.54, 1.807) is 7.11 Å². The molecule has 1 aromatic carbocycles. The second-order valence-corrected chi connectivity index (χ2v) is 9.77. The molecule has 0 spiro atoms. The van der Waals surface area contributed by atoms with Crippen LogP contribution in [-0.4, -0.2) is 39.9 Å². The minimum Gasteiger partial charge on any atom is -0.497 e. The lowest BCUT2D eigenvalue weighted by atomic mass is 9.86. The van der Waals surface area contributed by atoms with Crippen LogP contribution in [-0.2, 0) is 33.8 Å². The zero-order valence-corrected chi connectivity index (χ0v) is 19.5. The quantitative estimate of drug-likeness (QED) is 0.537. The van der Waals surface area contributed by atoms with E-state index in [1.807, 2.05) is 24.3 Å². The zero-order chi connectivity index (χ0) is 23.3. The molecule has 170 valence electrons. The van der Waals surface area contributed by atoms with E-state index >= 15 is 0 Å². The van der Waals surface area contributed by atoms with Gasteiger partial charge in [0.2, 0.25) is 11.8 Å². The molecule has 1 aliphatic heterocycles. The van der Waals surface area contributed by atoms with Gasteiger partial charge >= 0.3 is 5.97 Å². The van der Waals surface area contributed by atoms with Crippen molar-refractivity contribution in [3.63, 3.8) is 0 Å². The summed E-state index contributed by atoms with van der Waals surface area (Å²) in [4.78, 5) is 43.7. The number of halogens is 1. The summed E-state index contributed by atoms with van der Waals surface area (Å²) >= 11 is 8.39. The Bertz CT molecular complexity index is 1280. The van der Waals surface area contributed by atoms with Crippen molar-refractivity contribution < 1.29 is 24.2 Å². The molecule has 0 bridgehead atoms. The number of rotatable bonds is 5. The number of hydrogen-bond donors (Lipinski definition) is 1. The summed E-state index contributed by atoms with van der Waals surface area (Å²) in [5.74, 6) is -0.932. The van der Waals surface area contributed by atoms with Gasteiger partial charge in [0.25, 0.3) is 0 Å². The van der Waals surface area contributed by atoms with Gasteiger partial charge in [0.05, 0.1) is 30.3 Å². The van der Waals surface area contributed by atoms with Crippen molar-refractivity contribution in [3.05, 3.63) is 45.4 Å². The van der Waals surface area contributed by atoms with Crippen LogP contribution in [0.1, 0.15) is 35.4 Å². The summed E-state index contributed by atoms with van der Waals surface area (Å²) < 4.78 is 5.29. The number of aromatic nitrogens is 1. The lowest BCUT2D eigenvalue weighted by Crippen LogP contribution is -2.29. The highest BCUT2D eigenvalue weighted by Crippen LogP contribution is 2.46. The third-order valence-electron chi connectivity index (χ3n) is 6.40. The smallest absolute Gasteiger partial charge is 0.306 e. The number of carbonyl (C=O) groups is 3. The van der Waals surface area contributed by atoms with Crippen LogP contribution >= 0.6 is 22.9 Å². The Morgan fingerprint density at radius 3 is 2.55 bits per heavy atom. The second kappa shape index (κ2) is 8.43. The number of carbonyl (C=O) groups excluding carboxylic acids is 2. The number of likely N-dealkylation sites (tertiary alicyclic amines) is 1. The van der Waals surface area contributed by atoms with Gasteiger partial charge in [-0.1, -0.05) is 23.7 Å². The van der Waals surface area contributed by atoms with E-state index in [1.165, 1.54) is 16.2 Å². The number of thiophene rings is 1. The summed E-state index contributed by atoms with van der Waals surface area (Å²) in [5.41, 5.74) is 3.22. The molecule has 2 amide bonds. The number of aryl methyl sites for hydroxylation is 1. The van der Waals surface area contributed by atoms with E-state index in [2.05, 4.69) is 0 Å². The monoisotopic (exact) mass is 484 g/mol. The third-order valence-corrected chi connectivity index (χ3v) is 7.95. The normalized spacial score (nSPS) is 18.1. The van der Waals surface area contributed by atoms with Crippen LogP contribution in [0.4, 0.5) is 0 Å². The van der Waals surface area contributed by atoms with E-state index in [9.17, 15) is 19.5 Å². The fraction of sp³-hybridized carbons (Fsp3) is 0.333. The molecule has 3 heterocycles. The molecule has 7 nitrogen and oxygen atoms in total. The number of aliphatic carboxylic acids is 1. The van der Waals surface area contributed by atoms with Crippen molar-refractivity contribution in [2.75, 3.05) is 7.11 Å². The summed E-state index contributed by atoms with van der Waals surface area (Å²) in [5, 5.41) is 10.8. The van der Waals surface area contributed by atoms with Crippen LogP contribution in [0.3, 0.4) is 0 Å². The molecule has 1 atom stereocenters. The first kappa shape index (κ1) is 21.9. The molecular weight excluding hydrogens is 464 g/mol. The fourth-order valence-electron chi connectivity index (χ4n) is 4.63. The van der Waals surface area contributed by atoms with Gasteiger partial charge in [-0.15, -0.1) is 11.3 Å². The minimum absolute atomic E-state index is 0.0237. The number of imide groups is 1. The van der Waals surface area contributed by atoms with Crippen LogP contribution in [0.25, 0.3) is 21.3 Å². The highest BCUT2D eigenvalue weighted by Gasteiger charge is 2.33. The average Bonchev–Trinajstić information content (AvgIpc) is 3.33. The van der Waals surface area contributed by atoms with Crippen molar-refractivity contribution in [2.24, 2.45) is 5.92 Å². The molecule has 0 saturated carbocycles. The Kier molecular flexibility index (Phi) is 5.58. The Balaban J connectivity index is 1.69. The molecule has 0 radical (unpaired) electrons. The Labute approximate surface area is 198 Å². The first-order chi connectivity index (χ1) is 15.9. The van der Waals surface area contributed by atoms with E-state index in [-0.39, 0.29) is 31.2 Å². The highest BCUT2D eigenvalue weighted by molar-refractivity contribution is 7.19. The number of carboxylic acids is 1. The number of amides is 2. The predicted octanol–water partition coefficient (Wildman–Crippen LogP) is 4.46. The Hall–Kier alpha value is -2.97. The van der Waals surface area contributed by atoms with E-state index in [0.29, 0.717) is 35.7 Å². The number of nitrogens with zero attached hydrogens (tertiary/aromatic N) is 2. The molecule has 2 aliphatic rings. The standard InChI is InChI=1S/C24H21ClN2O5S/c1-32-14-5-2-12(3-6-14)20-21-15-7-4-13(24(30)31)10-17(15)33-23(21)26-16(22(20)25)11-27-18(28)8-9-19(27)29/h2-3,5-6,13H,4,7-11H2,1H3,(H,30,31). The minimum atomic E-state index is -0.786. The number of pyridine rings is 1. The van der Waals surface area contributed by atoms with Crippen LogP contribution in [0.15, 0.2) is 24.3 Å². The first-order valence-corrected chi connectivity index (χ1v) is 11.9. The molecule has 33 heavy (non-hydrogen) atoms. The number of ether oxygens (including phenoxy) is 1. The predicted molar refractivity (Wildman–Crippen MR) is 125 cm³/mol. The molecule has 2 aromatic heterocycles. The molecule has 3 aromatic rings. The summed E-state index contributed by atoms with van der Waals surface area (Å²) in [6.07, 6.45) is 2.06.